The minimum atomic E-state index is -4.51. The van der Waals surface area contributed by atoms with Crippen molar-refractivity contribution in [1.82, 2.24) is 20.2 Å². The second-order valence-corrected chi connectivity index (χ2v) is 11.1. The number of likely N-dealkylation sites (tertiary alicyclic amines) is 1. The number of aromatic nitrogens is 2. The Morgan fingerprint density at radius 2 is 2.08 bits per heavy atom. The molecule has 0 radical (unpaired) electrons. The normalized spacial score (nSPS) is 34.7. The molecule has 1 amide bonds. The van der Waals surface area contributed by atoms with Crippen LogP contribution in [0.4, 0.5) is 19.1 Å². The predicted molar refractivity (Wildman–Crippen MR) is 126 cm³/mol. The summed E-state index contributed by atoms with van der Waals surface area (Å²) in [5.41, 5.74) is -1.38. The van der Waals surface area contributed by atoms with E-state index in [4.69, 9.17) is 9.47 Å². The number of carbonyl (C=O) groups is 1. The van der Waals surface area contributed by atoms with E-state index in [2.05, 4.69) is 29.1 Å². The first-order valence-electron chi connectivity index (χ1n) is 13.0. The molecule has 0 spiro atoms. The van der Waals surface area contributed by atoms with Crippen LogP contribution < -0.4 is 10.2 Å². The van der Waals surface area contributed by atoms with Gasteiger partial charge in [-0.15, -0.1) is 0 Å². The average molecular weight is 512 g/mol. The lowest BCUT2D eigenvalue weighted by molar-refractivity contribution is -0.146. The molecule has 200 valence electrons. The standard InChI is InChI=1S/C25H36F3N5O3/c1-15(2)24(7-4-16(11-24)30-19-6-9-36-14-20(19)35-3)22(34)32-12-18-10-17(32)13-33(18)23-29-8-5-21(31-23)25(26,27)28/h5,8,15-20,30H,4,6-7,9-14H2,1-3H3/t16-,17+,18-,19+,20-,24+/m1/s1. The highest BCUT2D eigenvalue weighted by Crippen LogP contribution is 2.48. The van der Waals surface area contributed by atoms with Crippen LogP contribution in [-0.2, 0) is 20.4 Å². The van der Waals surface area contributed by atoms with E-state index in [1.165, 1.54) is 0 Å². The Morgan fingerprint density at radius 3 is 2.75 bits per heavy atom. The predicted octanol–water partition coefficient (Wildman–Crippen LogP) is 2.87. The molecular formula is C25H36F3N5O3. The van der Waals surface area contributed by atoms with Gasteiger partial charge in [0.15, 0.2) is 0 Å². The van der Waals surface area contributed by atoms with E-state index < -0.39 is 17.3 Å². The third-order valence-corrected chi connectivity index (χ3v) is 8.83. The third kappa shape index (κ3) is 4.58. The van der Waals surface area contributed by atoms with Gasteiger partial charge in [0.2, 0.25) is 11.9 Å². The number of carbonyl (C=O) groups excluding carboxylic acids is 1. The highest BCUT2D eigenvalue weighted by molar-refractivity contribution is 5.84. The molecule has 0 unspecified atom stereocenters. The number of hydrogen-bond donors (Lipinski definition) is 1. The van der Waals surface area contributed by atoms with Gasteiger partial charge in [-0.05, 0) is 44.1 Å². The summed E-state index contributed by atoms with van der Waals surface area (Å²) in [6, 6.07) is 1.26. The zero-order valence-electron chi connectivity index (χ0n) is 21.1. The maximum atomic E-state index is 14.0. The summed E-state index contributed by atoms with van der Waals surface area (Å²) < 4.78 is 50.6. The number of alkyl halides is 3. The second-order valence-electron chi connectivity index (χ2n) is 11.1. The summed E-state index contributed by atoms with van der Waals surface area (Å²) >= 11 is 0. The fourth-order valence-corrected chi connectivity index (χ4v) is 6.71. The molecule has 6 atom stereocenters. The van der Waals surface area contributed by atoms with Gasteiger partial charge in [0.05, 0.1) is 30.2 Å². The van der Waals surface area contributed by atoms with E-state index in [0.29, 0.717) is 26.3 Å². The zero-order chi connectivity index (χ0) is 25.7. The molecule has 5 rings (SSSR count). The van der Waals surface area contributed by atoms with Crippen molar-refractivity contribution < 1.29 is 27.4 Å². The van der Waals surface area contributed by atoms with Gasteiger partial charge in [-0.25, -0.2) is 9.97 Å². The Labute approximate surface area is 209 Å². The zero-order valence-corrected chi connectivity index (χ0v) is 21.1. The van der Waals surface area contributed by atoms with Gasteiger partial charge in [-0.1, -0.05) is 13.8 Å². The lowest BCUT2D eigenvalue weighted by atomic mass is 9.74. The number of hydrogen-bond acceptors (Lipinski definition) is 7. The number of piperazine rings is 1. The molecule has 3 aliphatic heterocycles. The van der Waals surface area contributed by atoms with E-state index in [1.807, 2.05) is 9.80 Å². The average Bonchev–Trinajstić information content (AvgIpc) is 3.58. The van der Waals surface area contributed by atoms with Crippen molar-refractivity contribution in [3.63, 3.8) is 0 Å². The monoisotopic (exact) mass is 511 g/mol. The molecule has 1 aromatic rings. The van der Waals surface area contributed by atoms with Crippen LogP contribution in [0.3, 0.4) is 0 Å². The fraction of sp³-hybridized carbons (Fsp3) is 0.800. The van der Waals surface area contributed by atoms with Gasteiger partial charge < -0.3 is 24.6 Å². The Hall–Kier alpha value is -1.98. The number of anilines is 1. The van der Waals surface area contributed by atoms with E-state index >= 15 is 0 Å². The second kappa shape index (κ2) is 9.72. The van der Waals surface area contributed by atoms with Crippen molar-refractivity contribution in [2.24, 2.45) is 11.3 Å². The molecule has 1 N–H and O–H groups in total. The van der Waals surface area contributed by atoms with E-state index in [1.54, 1.807) is 7.11 Å². The smallest absolute Gasteiger partial charge is 0.379 e. The first-order valence-corrected chi connectivity index (χ1v) is 13.0. The molecule has 36 heavy (non-hydrogen) atoms. The van der Waals surface area contributed by atoms with E-state index in [-0.39, 0.29) is 48.0 Å². The van der Waals surface area contributed by atoms with Crippen molar-refractivity contribution in [3.05, 3.63) is 18.0 Å². The highest BCUT2D eigenvalue weighted by Gasteiger charge is 2.55. The van der Waals surface area contributed by atoms with Gasteiger partial charge in [-0.2, -0.15) is 13.2 Å². The Kier molecular flexibility index (Phi) is 6.93. The first kappa shape index (κ1) is 25.7. The Morgan fingerprint density at radius 1 is 1.28 bits per heavy atom. The minimum absolute atomic E-state index is 0.0156. The lowest BCUT2D eigenvalue weighted by Gasteiger charge is -2.41. The Bertz CT molecular complexity index is 963. The van der Waals surface area contributed by atoms with Crippen molar-refractivity contribution in [2.75, 3.05) is 38.3 Å². The van der Waals surface area contributed by atoms with Gasteiger partial charge in [0, 0.05) is 45.1 Å². The molecule has 4 heterocycles. The molecule has 4 aliphatic rings. The summed E-state index contributed by atoms with van der Waals surface area (Å²) in [4.78, 5) is 25.7. The number of ether oxygens (including phenoxy) is 2. The molecule has 2 bridgehead atoms. The van der Waals surface area contributed by atoms with Gasteiger partial charge >= 0.3 is 6.18 Å². The SMILES string of the molecule is CO[C@@H]1COCC[C@@H]1N[C@@H]1CC[C@@](C(=O)N2C[C@H]3C[C@H]2CN3c2nccc(C(F)(F)F)n2)(C(C)C)C1. The van der Waals surface area contributed by atoms with Crippen molar-refractivity contribution >= 4 is 11.9 Å². The summed E-state index contributed by atoms with van der Waals surface area (Å²) in [7, 11) is 1.71. The highest BCUT2D eigenvalue weighted by atomic mass is 19.4. The molecule has 1 aliphatic carbocycles. The van der Waals surface area contributed by atoms with Gasteiger partial charge in [-0.3, -0.25) is 4.79 Å². The fourth-order valence-electron chi connectivity index (χ4n) is 6.71. The van der Waals surface area contributed by atoms with E-state index in [9.17, 15) is 18.0 Å². The van der Waals surface area contributed by atoms with Crippen molar-refractivity contribution in [1.29, 1.82) is 0 Å². The third-order valence-electron chi connectivity index (χ3n) is 8.83. The molecule has 1 aromatic heterocycles. The quantitative estimate of drug-likeness (QED) is 0.629. The van der Waals surface area contributed by atoms with Crippen LogP contribution in [0, 0.1) is 11.3 Å². The van der Waals surface area contributed by atoms with E-state index in [0.717, 1.165) is 44.4 Å². The topological polar surface area (TPSA) is 79.8 Å². The van der Waals surface area contributed by atoms with Crippen LogP contribution in [0.5, 0.6) is 0 Å². The van der Waals surface area contributed by atoms with Crippen molar-refractivity contribution in [2.45, 2.75) is 82.4 Å². The summed E-state index contributed by atoms with van der Waals surface area (Å²) in [6.07, 6.45) is 0.836. The lowest BCUT2D eigenvalue weighted by Crippen LogP contribution is -2.55. The number of methoxy groups -OCH3 is 1. The molecule has 0 aromatic carbocycles. The number of nitrogens with one attached hydrogen (secondary N) is 1. The van der Waals surface area contributed by atoms with Gasteiger partial charge in [0.1, 0.15) is 5.69 Å². The summed E-state index contributed by atoms with van der Waals surface area (Å²) in [5, 5.41) is 3.76. The summed E-state index contributed by atoms with van der Waals surface area (Å²) in [5.74, 6) is 0.471. The van der Waals surface area contributed by atoms with Crippen LogP contribution in [0.1, 0.15) is 51.6 Å². The van der Waals surface area contributed by atoms with Crippen LogP contribution in [0.2, 0.25) is 0 Å². The largest absolute Gasteiger partial charge is 0.433 e. The molecule has 4 fully saturated rings. The minimum Gasteiger partial charge on any atom is -0.379 e. The maximum Gasteiger partial charge on any atom is 0.433 e. The van der Waals surface area contributed by atoms with Crippen LogP contribution >= 0.6 is 0 Å². The van der Waals surface area contributed by atoms with Crippen LogP contribution in [0.15, 0.2) is 12.3 Å². The van der Waals surface area contributed by atoms with Crippen LogP contribution in [-0.4, -0.2) is 84.5 Å². The van der Waals surface area contributed by atoms with Gasteiger partial charge in [0.25, 0.3) is 0 Å². The Balaban J connectivity index is 1.26. The maximum absolute atomic E-state index is 14.0. The number of nitrogens with zero attached hydrogens (tertiary/aromatic N) is 4. The molecule has 11 heteroatoms. The first-order chi connectivity index (χ1) is 17.1. The molecular weight excluding hydrogens is 475 g/mol. The molecule has 8 nitrogen and oxygen atoms in total. The number of fused-ring (bicyclic) bond motifs is 2. The molecule has 3 saturated heterocycles. The van der Waals surface area contributed by atoms with Crippen molar-refractivity contribution in [3.8, 4) is 0 Å². The number of halogens is 3. The number of amides is 1. The van der Waals surface area contributed by atoms with Crippen LogP contribution in [0.25, 0.3) is 0 Å². The molecule has 1 saturated carbocycles. The summed E-state index contributed by atoms with van der Waals surface area (Å²) in [6.45, 7) is 6.51. The number of rotatable bonds is 6.